The number of rotatable bonds is 2. The van der Waals surface area contributed by atoms with E-state index in [0.717, 1.165) is 0 Å². The van der Waals surface area contributed by atoms with Gasteiger partial charge in [0.1, 0.15) is 0 Å². The van der Waals surface area contributed by atoms with Gasteiger partial charge >= 0.3 is 5.97 Å². The van der Waals surface area contributed by atoms with Crippen LogP contribution in [0.2, 0.25) is 0 Å². The summed E-state index contributed by atoms with van der Waals surface area (Å²) in [5.41, 5.74) is -2.44. The highest BCUT2D eigenvalue weighted by atomic mass is 19.3. The van der Waals surface area contributed by atoms with Gasteiger partial charge < -0.3 is 9.84 Å². The minimum absolute atomic E-state index is 0.0347. The minimum Gasteiger partial charge on any atom is -0.479 e. The van der Waals surface area contributed by atoms with E-state index >= 15 is 0 Å². The first-order valence-corrected chi connectivity index (χ1v) is 3.66. The summed E-state index contributed by atoms with van der Waals surface area (Å²) >= 11 is 0. The average molecular weight is 178 g/mol. The molecule has 0 spiro atoms. The number of ether oxygens (including phenoxy) is 1. The first kappa shape index (κ1) is 7.91. The lowest BCUT2D eigenvalue weighted by molar-refractivity contribution is -0.168. The Bertz CT molecular complexity index is 233. The third-order valence-electron chi connectivity index (χ3n) is 2.76. The summed E-state index contributed by atoms with van der Waals surface area (Å²) in [4.78, 5) is 10.6. The van der Waals surface area contributed by atoms with Crippen LogP contribution in [-0.4, -0.2) is 29.7 Å². The van der Waals surface area contributed by atoms with Crippen LogP contribution in [0.3, 0.4) is 0 Å². The zero-order valence-electron chi connectivity index (χ0n) is 6.22. The molecule has 1 aliphatic carbocycles. The molecule has 3 rings (SSSR count). The fourth-order valence-corrected chi connectivity index (χ4v) is 2.00. The monoisotopic (exact) mass is 178 g/mol. The molecule has 68 valence electrons. The Hall–Kier alpha value is -0.710. The number of aliphatic carboxylic acids is 1. The summed E-state index contributed by atoms with van der Waals surface area (Å²) < 4.78 is 29.5. The molecule has 5 heteroatoms. The molecule has 2 bridgehead atoms. The van der Waals surface area contributed by atoms with E-state index in [4.69, 9.17) is 9.84 Å². The average Bonchev–Trinajstić information content (AvgIpc) is 2.37. The Morgan fingerprint density at radius 3 is 2.33 bits per heavy atom. The zero-order chi connectivity index (χ0) is 8.98. The second kappa shape index (κ2) is 1.96. The molecule has 0 aromatic heterocycles. The lowest BCUT2D eigenvalue weighted by Gasteiger charge is -2.40. The second-order valence-electron chi connectivity index (χ2n) is 3.60. The smallest absolute Gasteiger partial charge is 0.336 e. The summed E-state index contributed by atoms with van der Waals surface area (Å²) in [5.74, 6) is -1.11. The molecular weight excluding hydrogens is 170 g/mol. The van der Waals surface area contributed by atoms with Crippen molar-refractivity contribution >= 4 is 5.97 Å². The molecule has 2 saturated heterocycles. The lowest BCUT2D eigenvalue weighted by Crippen LogP contribution is -2.52. The van der Waals surface area contributed by atoms with Gasteiger partial charge in [-0.2, -0.15) is 0 Å². The molecule has 0 radical (unpaired) electrons. The number of hydrogen-bond donors (Lipinski definition) is 1. The van der Waals surface area contributed by atoms with E-state index < -0.39 is 23.4 Å². The van der Waals surface area contributed by atoms with Crippen LogP contribution in [0, 0.1) is 5.41 Å². The summed E-state index contributed by atoms with van der Waals surface area (Å²) in [6.45, 7) is -0.114. The Labute approximate surface area is 67.3 Å². The molecule has 0 atom stereocenters. The number of hydrogen-bond acceptors (Lipinski definition) is 2. The molecule has 0 amide bonds. The Morgan fingerprint density at radius 1 is 1.50 bits per heavy atom. The van der Waals surface area contributed by atoms with Gasteiger partial charge in [-0.25, -0.2) is 13.6 Å². The van der Waals surface area contributed by atoms with Crippen molar-refractivity contribution in [2.24, 2.45) is 5.41 Å². The molecule has 0 unspecified atom stereocenters. The van der Waals surface area contributed by atoms with Crippen LogP contribution < -0.4 is 0 Å². The van der Waals surface area contributed by atoms with Crippen LogP contribution in [0.25, 0.3) is 0 Å². The van der Waals surface area contributed by atoms with Crippen LogP contribution in [0.4, 0.5) is 8.78 Å². The number of carbonyl (C=O) groups is 1. The first-order valence-electron chi connectivity index (χ1n) is 3.66. The third kappa shape index (κ3) is 0.696. The molecule has 2 aliphatic heterocycles. The Kier molecular flexibility index (Phi) is 1.29. The summed E-state index contributed by atoms with van der Waals surface area (Å²) in [5, 5.41) is 8.64. The lowest BCUT2D eigenvalue weighted by atomic mass is 9.62. The van der Waals surface area contributed by atoms with Gasteiger partial charge in [-0.05, 0) is 0 Å². The Balaban J connectivity index is 2.15. The predicted molar refractivity (Wildman–Crippen MR) is 34.0 cm³/mol. The molecular formula is C7H8F2O3. The number of carboxylic acids is 1. The van der Waals surface area contributed by atoms with E-state index in [1.165, 1.54) is 0 Å². The van der Waals surface area contributed by atoms with Crippen molar-refractivity contribution in [2.75, 3.05) is 6.61 Å². The van der Waals surface area contributed by atoms with Gasteiger partial charge in [0.05, 0.1) is 12.0 Å². The molecule has 3 aliphatic rings. The van der Waals surface area contributed by atoms with E-state index in [1.807, 2.05) is 0 Å². The minimum atomic E-state index is -2.47. The van der Waals surface area contributed by atoms with Gasteiger partial charge in [-0.15, -0.1) is 0 Å². The van der Waals surface area contributed by atoms with Crippen LogP contribution in [-0.2, 0) is 9.53 Å². The van der Waals surface area contributed by atoms with E-state index in [9.17, 15) is 13.6 Å². The maximum atomic E-state index is 12.3. The summed E-state index contributed by atoms with van der Waals surface area (Å²) in [6.07, 6.45) is -2.53. The standard InChI is InChI=1S/C7H8F2O3/c8-4(9)6-1-7(2-6,5(10)11)12-3-6/h4H,1-3H2,(H,10,11). The van der Waals surface area contributed by atoms with Gasteiger partial charge in [0.15, 0.2) is 5.60 Å². The van der Waals surface area contributed by atoms with Crippen molar-refractivity contribution in [3.63, 3.8) is 0 Å². The number of carboxylic acid groups (broad SMARTS) is 1. The van der Waals surface area contributed by atoms with Gasteiger partial charge in [-0.3, -0.25) is 0 Å². The predicted octanol–water partition coefficient (Wildman–Crippen LogP) is 0.885. The highest BCUT2D eigenvalue weighted by Crippen LogP contribution is 2.60. The van der Waals surface area contributed by atoms with E-state index in [2.05, 4.69) is 0 Å². The zero-order valence-corrected chi connectivity index (χ0v) is 6.22. The SMILES string of the molecule is O=C(O)C12CC(C(F)F)(CO1)C2. The topological polar surface area (TPSA) is 46.5 Å². The van der Waals surface area contributed by atoms with Crippen molar-refractivity contribution in [1.82, 2.24) is 0 Å². The molecule has 1 saturated carbocycles. The number of fused-ring (bicyclic) bond motifs is 1. The molecule has 3 fully saturated rings. The fourth-order valence-electron chi connectivity index (χ4n) is 2.00. The van der Waals surface area contributed by atoms with Crippen molar-refractivity contribution < 1.29 is 23.4 Å². The molecule has 0 aromatic rings. The van der Waals surface area contributed by atoms with E-state index in [0.29, 0.717) is 0 Å². The van der Waals surface area contributed by atoms with Gasteiger partial charge in [0.25, 0.3) is 0 Å². The van der Waals surface area contributed by atoms with Gasteiger partial charge in [0.2, 0.25) is 6.43 Å². The third-order valence-corrected chi connectivity index (χ3v) is 2.76. The number of halogens is 2. The first-order chi connectivity index (χ1) is 5.51. The highest BCUT2D eigenvalue weighted by molar-refractivity contribution is 5.80. The quantitative estimate of drug-likeness (QED) is 0.682. The second-order valence-corrected chi connectivity index (χ2v) is 3.60. The van der Waals surface area contributed by atoms with E-state index in [1.54, 1.807) is 0 Å². The fraction of sp³-hybridized carbons (Fsp3) is 0.857. The highest BCUT2D eigenvalue weighted by Gasteiger charge is 2.70. The largest absolute Gasteiger partial charge is 0.479 e. The Morgan fingerprint density at radius 2 is 2.08 bits per heavy atom. The van der Waals surface area contributed by atoms with Crippen molar-refractivity contribution in [1.29, 1.82) is 0 Å². The molecule has 0 aromatic carbocycles. The molecule has 3 nitrogen and oxygen atoms in total. The van der Waals surface area contributed by atoms with Gasteiger partial charge in [0, 0.05) is 12.8 Å². The van der Waals surface area contributed by atoms with Crippen LogP contribution in [0.5, 0.6) is 0 Å². The van der Waals surface area contributed by atoms with E-state index in [-0.39, 0.29) is 19.4 Å². The maximum Gasteiger partial charge on any atom is 0.336 e. The van der Waals surface area contributed by atoms with Crippen LogP contribution >= 0.6 is 0 Å². The normalized spacial score (nSPS) is 44.6. The molecule has 1 N–H and O–H groups in total. The number of alkyl halides is 2. The van der Waals surface area contributed by atoms with Gasteiger partial charge in [-0.1, -0.05) is 0 Å². The van der Waals surface area contributed by atoms with Crippen molar-refractivity contribution in [3.05, 3.63) is 0 Å². The van der Waals surface area contributed by atoms with Crippen molar-refractivity contribution in [2.45, 2.75) is 24.9 Å². The molecule has 2 heterocycles. The molecule has 12 heavy (non-hydrogen) atoms. The summed E-state index contributed by atoms with van der Waals surface area (Å²) in [7, 11) is 0. The summed E-state index contributed by atoms with van der Waals surface area (Å²) in [6, 6.07) is 0. The maximum absolute atomic E-state index is 12.3. The van der Waals surface area contributed by atoms with Crippen LogP contribution in [0.15, 0.2) is 0 Å². The van der Waals surface area contributed by atoms with Crippen LogP contribution in [0.1, 0.15) is 12.8 Å². The van der Waals surface area contributed by atoms with Crippen molar-refractivity contribution in [3.8, 4) is 0 Å².